The van der Waals surface area contributed by atoms with Crippen LogP contribution in [0.4, 0.5) is 0 Å². The largest absolute Gasteiger partial charge is 1.00 e. The molecule has 0 unspecified atom stereocenters. The zero-order valence-corrected chi connectivity index (χ0v) is 6.97. The molecule has 0 saturated carbocycles. The Bertz CT molecular complexity index is 237. The normalized spacial score (nSPS) is 23.8. The third-order valence-corrected chi connectivity index (χ3v) is 1.48. The molecule has 0 saturated heterocycles. The first-order chi connectivity index (χ1) is 5.57. The Kier molecular flexibility index (Phi) is 4.30. The van der Waals surface area contributed by atoms with Crippen LogP contribution in [0.3, 0.4) is 0 Å². The molecule has 0 fully saturated rings. The molecule has 13 heavy (non-hydrogen) atoms. The second-order valence-corrected chi connectivity index (χ2v) is 2.31. The van der Waals surface area contributed by atoms with E-state index in [2.05, 4.69) is 4.74 Å². The van der Waals surface area contributed by atoms with Crippen LogP contribution in [0.1, 0.15) is 0 Å². The molecule has 1 aliphatic heterocycles. The van der Waals surface area contributed by atoms with Crippen molar-refractivity contribution in [2.45, 2.75) is 12.2 Å². The number of aliphatic hydroxyl groups excluding tert-OH is 4. The topological polar surface area (TPSA) is 107 Å². The van der Waals surface area contributed by atoms with Crippen LogP contribution in [-0.4, -0.2) is 45.2 Å². The molecule has 4 N–H and O–H groups in total. The average Bonchev–Trinajstić information content (AvgIpc) is 2.32. The van der Waals surface area contributed by atoms with Crippen LogP contribution in [-0.2, 0) is 9.53 Å². The van der Waals surface area contributed by atoms with E-state index in [4.69, 9.17) is 20.4 Å². The molecule has 0 bridgehead atoms. The van der Waals surface area contributed by atoms with Gasteiger partial charge in [0.25, 0.3) is 0 Å². The van der Waals surface area contributed by atoms with Crippen LogP contribution in [0.15, 0.2) is 11.5 Å². The van der Waals surface area contributed by atoms with Gasteiger partial charge in [0.05, 0.1) is 6.61 Å². The second kappa shape index (κ2) is 4.53. The fourth-order valence-corrected chi connectivity index (χ4v) is 0.823. The van der Waals surface area contributed by atoms with Crippen molar-refractivity contribution in [1.29, 1.82) is 0 Å². The van der Waals surface area contributed by atoms with Gasteiger partial charge in [-0.1, -0.05) is 0 Å². The van der Waals surface area contributed by atoms with Crippen molar-refractivity contribution in [2.24, 2.45) is 0 Å². The van der Waals surface area contributed by atoms with Crippen molar-refractivity contribution in [3.63, 3.8) is 0 Å². The maximum atomic E-state index is 10.5. The Morgan fingerprint density at radius 2 is 2.00 bits per heavy atom. The van der Waals surface area contributed by atoms with Crippen molar-refractivity contribution in [1.82, 2.24) is 0 Å². The summed E-state index contributed by atoms with van der Waals surface area (Å²) in [6.45, 7) is -0.671. The summed E-state index contributed by atoms with van der Waals surface area (Å²) in [5.41, 5.74) is 0. The molecule has 0 spiro atoms. The standard InChI is InChI=1S/C6H8O6.Li/c7-1-2(8)5-3(9)4(10)6(11)12-5;/h2,5,7-10H,1H2;/q;+1/t2-,5+;/m0./s1. The van der Waals surface area contributed by atoms with Crippen LogP contribution in [0.2, 0.25) is 0 Å². The summed E-state index contributed by atoms with van der Waals surface area (Å²) in [4.78, 5) is 10.5. The number of hydrogen-bond donors (Lipinski definition) is 4. The molecule has 6 nitrogen and oxygen atoms in total. The fourth-order valence-electron chi connectivity index (χ4n) is 0.823. The Labute approximate surface area is 85.6 Å². The van der Waals surface area contributed by atoms with Crippen LogP contribution in [0.25, 0.3) is 0 Å². The van der Waals surface area contributed by atoms with E-state index >= 15 is 0 Å². The molecule has 1 rings (SSSR count). The molecule has 0 aromatic rings. The monoisotopic (exact) mass is 183 g/mol. The van der Waals surface area contributed by atoms with E-state index in [1.54, 1.807) is 0 Å². The van der Waals surface area contributed by atoms with Gasteiger partial charge in [-0.3, -0.25) is 0 Å². The van der Waals surface area contributed by atoms with Gasteiger partial charge in [-0.05, 0) is 0 Å². The van der Waals surface area contributed by atoms with Crippen molar-refractivity contribution >= 4 is 5.97 Å². The smallest absolute Gasteiger partial charge is 0.505 e. The number of rotatable bonds is 2. The number of ether oxygens (including phenoxy) is 1. The molecule has 7 heteroatoms. The summed E-state index contributed by atoms with van der Waals surface area (Å²) in [5.74, 6) is -2.78. The first kappa shape index (κ1) is 12.3. The molecule has 0 radical (unpaired) electrons. The molecule has 1 heterocycles. The molecular weight excluding hydrogens is 175 g/mol. The number of aliphatic hydroxyl groups is 4. The van der Waals surface area contributed by atoms with Gasteiger partial charge in [-0.25, -0.2) is 4.79 Å². The molecule has 0 aromatic heterocycles. The summed E-state index contributed by atoms with van der Waals surface area (Å²) in [6.07, 6.45) is -2.78. The first-order valence-electron chi connectivity index (χ1n) is 3.20. The zero-order chi connectivity index (χ0) is 9.30. The van der Waals surface area contributed by atoms with Gasteiger partial charge in [-0.2, -0.15) is 0 Å². The minimum Gasteiger partial charge on any atom is -0.505 e. The number of hydrogen-bond acceptors (Lipinski definition) is 6. The van der Waals surface area contributed by atoms with E-state index in [0.29, 0.717) is 0 Å². The van der Waals surface area contributed by atoms with Gasteiger partial charge >= 0.3 is 24.8 Å². The van der Waals surface area contributed by atoms with E-state index in [-0.39, 0.29) is 18.9 Å². The molecule has 0 amide bonds. The van der Waals surface area contributed by atoms with Crippen molar-refractivity contribution < 1.29 is 48.8 Å². The third-order valence-electron chi connectivity index (χ3n) is 1.48. The Hall–Kier alpha value is -0.673. The van der Waals surface area contributed by atoms with Crippen LogP contribution >= 0.6 is 0 Å². The maximum Gasteiger partial charge on any atom is 1.00 e. The average molecular weight is 183 g/mol. The Morgan fingerprint density at radius 3 is 2.31 bits per heavy atom. The summed E-state index contributed by atoms with van der Waals surface area (Å²) in [5, 5.41) is 35.0. The zero-order valence-electron chi connectivity index (χ0n) is 6.97. The van der Waals surface area contributed by atoms with Gasteiger partial charge in [0, 0.05) is 0 Å². The minimum absolute atomic E-state index is 0. The number of carbonyl (C=O) groups is 1. The van der Waals surface area contributed by atoms with Gasteiger partial charge in [0.1, 0.15) is 6.10 Å². The maximum absolute atomic E-state index is 10.5. The number of esters is 1. The fraction of sp³-hybridized carbons (Fsp3) is 0.500. The van der Waals surface area contributed by atoms with Crippen molar-refractivity contribution in [3.05, 3.63) is 11.5 Å². The minimum atomic E-state index is -1.42. The van der Waals surface area contributed by atoms with Gasteiger partial charge in [0.15, 0.2) is 11.9 Å². The van der Waals surface area contributed by atoms with Crippen molar-refractivity contribution in [3.8, 4) is 0 Å². The van der Waals surface area contributed by atoms with E-state index < -0.39 is 36.3 Å². The Balaban J connectivity index is 0.00000144. The predicted octanol–water partition coefficient (Wildman–Crippen LogP) is -4.40. The van der Waals surface area contributed by atoms with Crippen LogP contribution in [0.5, 0.6) is 0 Å². The first-order valence-corrected chi connectivity index (χ1v) is 3.20. The summed E-state index contributed by atoms with van der Waals surface area (Å²) >= 11 is 0. The SMILES string of the molecule is O=C1O[C@H]([C@@H](O)CO)C(O)=C1O.[Li+]. The van der Waals surface area contributed by atoms with E-state index in [1.807, 2.05) is 0 Å². The number of carbonyl (C=O) groups excluding carboxylic acids is 1. The predicted molar refractivity (Wildman–Crippen MR) is 35.3 cm³/mol. The van der Waals surface area contributed by atoms with E-state index in [1.165, 1.54) is 0 Å². The molecule has 0 aromatic carbocycles. The summed E-state index contributed by atoms with van der Waals surface area (Å²) < 4.78 is 4.32. The van der Waals surface area contributed by atoms with E-state index in [0.717, 1.165) is 0 Å². The molecule has 2 atom stereocenters. The molecular formula is C6H8LiO6+. The van der Waals surface area contributed by atoms with Gasteiger partial charge in [-0.15, -0.1) is 0 Å². The quantitative estimate of drug-likeness (QED) is 0.254. The van der Waals surface area contributed by atoms with E-state index in [9.17, 15) is 4.79 Å². The summed E-state index contributed by atoms with van der Waals surface area (Å²) in [6, 6.07) is 0. The summed E-state index contributed by atoms with van der Waals surface area (Å²) in [7, 11) is 0. The molecule has 0 aliphatic carbocycles. The second-order valence-electron chi connectivity index (χ2n) is 2.31. The van der Waals surface area contributed by atoms with Crippen LogP contribution in [0, 0.1) is 0 Å². The molecule has 68 valence electrons. The number of cyclic esters (lactones) is 1. The Morgan fingerprint density at radius 1 is 1.46 bits per heavy atom. The van der Waals surface area contributed by atoms with Gasteiger partial charge in [0.2, 0.25) is 5.76 Å². The third kappa shape index (κ3) is 2.17. The van der Waals surface area contributed by atoms with Crippen LogP contribution < -0.4 is 18.9 Å². The molecule has 1 aliphatic rings. The van der Waals surface area contributed by atoms with Crippen molar-refractivity contribution in [2.75, 3.05) is 6.61 Å². The van der Waals surface area contributed by atoms with Gasteiger partial charge < -0.3 is 25.2 Å².